The van der Waals surface area contributed by atoms with Gasteiger partial charge in [-0.05, 0) is 85.6 Å². The van der Waals surface area contributed by atoms with Crippen LogP contribution in [0.5, 0.6) is 23.0 Å². The fraction of sp³-hybridized carbons (Fsp3) is 0.0690. The molecule has 0 aliphatic rings. The van der Waals surface area contributed by atoms with Crippen LogP contribution in [0, 0.1) is 13.8 Å². The van der Waals surface area contributed by atoms with Gasteiger partial charge in [0.25, 0.3) is 0 Å². The molecule has 2 N–H and O–H groups in total. The summed E-state index contributed by atoms with van der Waals surface area (Å²) in [6.45, 7) is 3.41. The minimum atomic E-state index is -0.999. The van der Waals surface area contributed by atoms with Gasteiger partial charge >= 0.3 is 6.16 Å². The second-order valence-corrected chi connectivity index (χ2v) is 8.10. The molecule has 0 unspecified atom stereocenters. The van der Waals surface area contributed by atoms with Crippen LogP contribution in [0.25, 0.3) is 0 Å². The van der Waals surface area contributed by atoms with Crippen LogP contribution in [0.4, 0.5) is 4.79 Å². The van der Waals surface area contributed by atoms with E-state index in [4.69, 9.17) is 9.47 Å². The number of ketones is 2. The van der Waals surface area contributed by atoms with Gasteiger partial charge in [-0.15, -0.1) is 0 Å². The molecule has 0 fully saturated rings. The molecule has 0 aliphatic carbocycles. The van der Waals surface area contributed by atoms with E-state index < -0.39 is 6.16 Å². The van der Waals surface area contributed by atoms with Crippen LogP contribution >= 0.6 is 0 Å². The third-order valence-corrected chi connectivity index (χ3v) is 5.60. The fourth-order valence-corrected chi connectivity index (χ4v) is 3.56. The van der Waals surface area contributed by atoms with Gasteiger partial charge in [0.2, 0.25) is 0 Å². The summed E-state index contributed by atoms with van der Waals surface area (Å²) in [5.74, 6) is -0.555. The maximum atomic E-state index is 12.7. The second-order valence-electron chi connectivity index (χ2n) is 8.10. The summed E-state index contributed by atoms with van der Waals surface area (Å²) >= 11 is 0. The van der Waals surface area contributed by atoms with E-state index in [-0.39, 0.29) is 45.7 Å². The predicted octanol–water partition coefficient (Wildman–Crippen LogP) is 5.75. The smallest absolute Gasteiger partial charge is 0.507 e. The molecule has 180 valence electrons. The number of phenolic OH excluding ortho intramolecular Hbond substituents is 2. The van der Waals surface area contributed by atoms with Crippen molar-refractivity contribution in [1.82, 2.24) is 0 Å². The largest absolute Gasteiger partial charge is 0.519 e. The van der Waals surface area contributed by atoms with Crippen LogP contribution in [0.2, 0.25) is 0 Å². The second kappa shape index (κ2) is 10.1. The number of benzene rings is 4. The summed E-state index contributed by atoms with van der Waals surface area (Å²) in [5, 5.41) is 20.3. The highest BCUT2D eigenvalue weighted by Gasteiger charge is 2.17. The molecule has 36 heavy (non-hydrogen) atoms. The standard InChI is InChI=1S/C29H22O7/c1-17-5-3-7-23(25(17)30)27(32)19-9-13-21(14-10-19)35-29(34)36-22-15-11-20(12-16-22)28(33)24-8-4-6-18(2)26(24)31/h3-16,30-31H,1-2H3. The van der Waals surface area contributed by atoms with Gasteiger partial charge in [0.15, 0.2) is 11.6 Å². The molecular formula is C29H22O7. The molecule has 0 heterocycles. The highest BCUT2D eigenvalue weighted by atomic mass is 16.7. The first kappa shape index (κ1) is 24.2. The minimum Gasteiger partial charge on any atom is -0.507 e. The molecule has 0 saturated heterocycles. The zero-order chi connectivity index (χ0) is 25.8. The lowest BCUT2D eigenvalue weighted by Crippen LogP contribution is -2.14. The van der Waals surface area contributed by atoms with E-state index in [1.807, 2.05) is 0 Å². The van der Waals surface area contributed by atoms with E-state index in [1.54, 1.807) is 38.1 Å². The Hall–Kier alpha value is -4.91. The number of phenols is 2. The number of carbonyl (C=O) groups is 3. The Morgan fingerprint density at radius 1 is 0.556 bits per heavy atom. The number of hydrogen-bond donors (Lipinski definition) is 2. The molecule has 0 spiro atoms. The third kappa shape index (κ3) is 5.10. The first-order chi connectivity index (χ1) is 17.2. The number of carbonyl (C=O) groups excluding carboxylic acids is 3. The van der Waals surface area contributed by atoms with Crippen LogP contribution in [-0.4, -0.2) is 27.9 Å². The Morgan fingerprint density at radius 3 is 1.28 bits per heavy atom. The average molecular weight is 482 g/mol. The van der Waals surface area contributed by atoms with E-state index >= 15 is 0 Å². The lowest BCUT2D eigenvalue weighted by atomic mass is 10.0. The Morgan fingerprint density at radius 2 is 0.917 bits per heavy atom. The molecule has 0 aliphatic heterocycles. The Bertz CT molecular complexity index is 1340. The van der Waals surface area contributed by atoms with Crippen molar-refractivity contribution in [3.05, 3.63) is 118 Å². The predicted molar refractivity (Wildman–Crippen MR) is 132 cm³/mol. The van der Waals surface area contributed by atoms with Crippen LogP contribution in [0.1, 0.15) is 43.0 Å². The van der Waals surface area contributed by atoms with E-state index in [0.29, 0.717) is 22.3 Å². The zero-order valence-electron chi connectivity index (χ0n) is 19.5. The number of para-hydroxylation sites is 2. The fourth-order valence-electron chi connectivity index (χ4n) is 3.56. The Kier molecular flexibility index (Phi) is 6.83. The Labute approximate surface area is 207 Å². The summed E-state index contributed by atoms with van der Waals surface area (Å²) in [7, 11) is 0. The Balaban J connectivity index is 1.38. The molecule has 4 rings (SSSR count). The lowest BCUT2D eigenvalue weighted by molar-refractivity contribution is 0.102. The molecule has 4 aromatic carbocycles. The van der Waals surface area contributed by atoms with Crippen molar-refractivity contribution < 1.29 is 34.1 Å². The highest BCUT2D eigenvalue weighted by molar-refractivity contribution is 6.11. The summed E-state index contributed by atoms with van der Waals surface area (Å²) in [6, 6.07) is 21.5. The van der Waals surface area contributed by atoms with Gasteiger partial charge in [-0.2, -0.15) is 0 Å². The van der Waals surface area contributed by atoms with E-state index in [1.165, 1.54) is 60.7 Å². The van der Waals surface area contributed by atoms with Crippen molar-refractivity contribution in [2.45, 2.75) is 13.8 Å². The van der Waals surface area contributed by atoms with E-state index in [2.05, 4.69) is 0 Å². The SMILES string of the molecule is Cc1cccc(C(=O)c2ccc(OC(=O)Oc3ccc(C(=O)c4cccc(C)c4O)cc3)cc2)c1O. The van der Waals surface area contributed by atoms with Gasteiger partial charge < -0.3 is 19.7 Å². The van der Waals surface area contributed by atoms with Crippen molar-refractivity contribution in [3.8, 4) is 23.0 Å². The monoisotopic (exact) mass is 482 g/mol. The third-order valence-electron chi connectivity index (χ3n) is 5.60. The summed E-state index contributed by atoms with van der Waals surface area (Å²) in [4.78, 5) is 37.5. The summed E-state index contributed by atoms with van der Waals surface area (Å²) in [5.41, 5.74) is 2.18. The zero-order valence-corrected chi connectivity index (χ0v) is 19.5. The minimum absolute atomic E-state index is 0.0743. The van der Waals surface area contributed by atoms with Crippen molar-refractivity contribution in [2.24, 2.45) is 0 Å². The number of aryl methyl sites for hydroxylation is 2. The van der Waals surface area contributed by atoms with Gasteiger partial charge in [0.05, 0.1) is 11.1 Å². The van der Waals surface area contributed by atoms with Crippen molar-refractivity contribution in [2.75, 3.05) is 0 Å². The quantitative estimate of drug-likeness (QED) is 0.204. The number of aromatic hydroxyl groups is 2. The molecule has 4 aromatic rings. The number of rotatable bonds is 6. The van der Waals surface area contributed by atoms with Crippen molar-refractivity contribution >= 4 is 17.7 Å². The van der Waals surface area contributed by atoms with Gasteiger partial charge in [-0.25, -0.2) is 4.79 Å². The van der Waals surface area contributed by atoms with Gasteiger partial charge in [-0.1, -0.05) is 24.3 Å². The van der Waals surface area contributed by atoms with Crippen molar-refractivity contribution in [3.63, 3.8) is 0 Å². The normalized spacial score (nSPS) is 10.5. The summed E-state index contributed by atoms with van der Waals surface area (Å²) < 4.78 is 10.3. The highest BCUT2D eigenvalue weighted by Crippen LogP contribution is 2.26. The topological polar surface area (TPSA) is 110 Å². The molecule has 0 bridgehead atoms. The number of hydrogen-bond acceptors (Lipinski definition) is 7. The van der Waals surface area contributed by atoms with E-state index in [0.717, 1.165) is 0 Å². The molecule has 7 nitrogen and oxygen atoms in total. The van der Waals surface area contributed by atoms with Crippen LogP contribution in [-0.2, 0) is 0 Å². The molecule has 0 atom stereocenters. The van der Waals surface area contributed by atoms with Gasteiger partial charge in [-0.3, -0.25) is 9.59 Å². The number of ether oxygens (including phenoxy) is 2. The van der Waals surface area contributed by atoms with E-state index in [9.17, 15) is 24.6 Å². The molecule has 7 heteroatoms. The van der Waals surface area contributed by atoms with Crippen LogP contribution in [0.15, 0.2) is 84.9 Å². The maximum Gasteiger partial charge on any atom is 0.519 e. The van der Waals surface area contributed by atoms with Gasteiger partial charge in [0.1, 0.15) is 23.0 Å². The van der Waals surface area contributed by atoms with Gasteiger partial charge in [0, 0.05) is 11.1 Å². The molecule has 0 saturated carbocycles. The average Bonchev–Trinajstić information content (AvgIpc) is 2.87. The first-order valence-electron chi connectivity index (χ1n) is 11.0. The van der Waals surface area contributed by atoms with Crippen LogP contribution in [0.3, 0.4) is 0 Å². The maximum absolute atomic E-state index is 12.7. The molecule has 0 amide bonds. The van der Waals surface area contributed by atoms with Crippen LogP contribution < -0.4 is 9.47 Å². The lowest BCUT2D eigenvalue weighted by Gasteiger charge is -2.09. The first-order valence-corrected chi connectivity index (χ1v) is 11.0. The summed E-state index contributed by atoms with van der Waals surface area (Å²) in [6.07, 6.45) is -0.999. The molecular weight excluding hydrogens is 460 g/mol. The van der Waals surface area contributed by atoms with Crippen molar-refractivity contribution in [1.29, 1.82) is 0 Å². The molecule has 0 aromatic heterocycles. The molecule has 0 radical (unpaired) electrons.